The fraction of sp³-hybridized carbons (Fsp3) is 0.381. The molecule has 1 unspecified atom stereocenters. The van der Waals surface area contributed by atoms with Crippen molar-refractivity contribution in [1.82, 2.24) is 4.90 Å². The van der Waals surface area contributed by atoms with Gasteiger partial charge >= 0.3 is 0 Å². The van der Waals surface area contributed by atoms with Crippen LogP contribution in [0.15, 0.2) is 54.6 Å². The molecule has 3 nitrogen and oxygen atoms in total. The molecule has 24 heavy (non-hydrogen) atoms. The Hall–Kier alpha value is -2.29. The standard InChI is InChI=1S/C21H25NO2/c1-17-7-9-20(10-8-17)24-14-12-19-11-13-22(16-19)21(23)15-18-5-3-2-4-6-18/h2-10,19H,11-16H2,1H3. The summed E-state index contributed by atoms with van der Waals surface area (Å²) in [4.78, 5) is 14.4. The number of carbonyl (C=O) groups excluding carboxylic acids is 1. The smallest absolute Gasteiger partial charge is 0.226 e. The molecule has 2 aromatic carbocycles. The fourth-order valence-electron chi connectivity index (χ4n) is 3.16. The number of carbonyl (C=O) groups is 1. The van der Waals surface area contributed by atoms with Gasteiger partial charge in [-0.05, 0) is 43.4 Å². The Balaban J connectivity index is 1.40. The predicted octanol–water partition coefficient (Wildman–Crippen LogP) is 3.86. The van der Waals surface area contributed by atoms with Gasteiger partial charge in [0.1, 0.15) is 5.75 Å². The number of amides is 1. The lowest BCUT2D eigenvalue weighted by molar-refractivity contribution is -0.129. The highest BCUT2D eigenvalue weighted by atomic mass is 16.5. The van der Waals surface area contributed by atoms with Gasteiger partial charge in [0.25, 0.3) is 0 Å². The number of hydrogen-bond acceptors (Lipinski definition) is 2. The van der Waals surface area contributed by atoms with Crippen LogP contribution in [0.2, 0.25) is 0 Å². The summed E-state index contributed by atoms with van der Waals surface area (Å²) < 4.78 is 5.81. The highest BCUT2D eigenvalue weighted by Gasteiger charge is 2.25. The lowest BCUT2D eigenvalue weighted by Gasteiger charge is -2.17. The van der Waals surface area contributed by atoms with Gasteiger partial charge < -0.3 is 9.64 Å². The number of hydrogen-bond donors (Lipinski definition) is 0. The Bertz CT molecular complexity index is 651. The Morgan fingerprint density at radius 1 is 1.12 bits per heavy atom. The van der Waals surface area contributed by atoms with Crippen LogP contribution in [0.5, 0.6) is 5.75 Å². The number of nitrogens with zero attached hydrogens (tertiary/aromatic N) is 1. The quantitative estimate of drug-likeness (QED) is 0.808. The molecule has 3 heteroatoms. The summed E-state index contributed by atoms with van der Waals surface area (Å²) in [5, 5.41) is 0. The molecular weight excluding hydrogens is 298 g/mol. The molecule has 0 aliphatic carbocycles. The van der Waals surface area contributed by atoms with Crippen molar-refractivity contribution in [2.45, 2.75) is 26.2 Å². The minimum Gasteiger partial charge on any atom is -0.494 e. The van der Waals surface area contributed by atoms with Crippen molar-refractivity contribution in [1.29, 1.82) is 0 Å². The average molecular weight is 323 g/mol. The maximum atomic E-state index is 12.4. The average Bonchev–Trinajstić information content (AvgIpc) is 3.07. The molecule has 1 amide bonds. The number of rotatable bonds is 6. The van der Waals surface area contributed by atoms with Crippen LogP contribution in [-0.2, 0) is 11.2 Å². The van der Waals surface area contributed by atoms with Gasteiger partial charge in [-0.2, -0.15) is 0 Å². The van der Waals surface area contributed by atoms with Crippen LogP contribution in [0.3, 0.4) is 0 Å². The number of benzene rings is 2. The maximum absolute atomic E-state index is 12.4. The molecule has 0 bridgehead atoms. The first-order valence-corrected chi connectivity index (χ1v) is 8.72. The lowest BCUT2D eigenvalue weighted by atomic mass is 10.1. The third-order valence-corrected chi connectivity index (χ3v) is 4.65. The topological polar surface area (TPSA) is 29.5 Å². The third-order valence-electron chi connectivity index (χ3n) is 4.65. The van der Waals surface area contributed by atoms with Crippen molar-refractivity contribution < 1.29 is 9.53 Å². The van der Waals surface area contributed by atoms with Crippen molar-refractivity contribution in [2.24, 2.45) is 5.92 Å². The Kier molecular flexibility index (Phi) is 5.52. The highest BCUT2D eigenvalue weighted by Crippen LogP contribution is 2.21. The SMILES string of the molecule is Cc1ccc(OCCC2CCN(C(=O)Cc3ccccc3)C2)cc1. The summed E-state index contributed by atoms with van der Waals surface area (Å²) in [6.07, 6.45) is 2.59. The maximum Gasteiger partial charge on any atom is 0.226 e. The molecule has 1 fully saturated rings. The monoisotopic (exact) mass is 323 g/mol. The highest BCUT2D eigenvalue weighted by molar-refractivity contribution is 5.79. The largest absolute Gasteiger partial charge is 0.494 e. The fourth-order valence-corrected chi connectivity index (χ4v) is 3.16. The van der Waals surface area contributed by atoms with Gasteiger partial charge in [0, 0.05) is 13.1 Å². The zero-order valence-corrected chi connectivity index (χ0v) is 14.3. The second kappa shape index (κ2) is 8.00. The number of likely N-dealkylation sites (tertiary alicyclic amines) is 1. The van der Waals surface area contributed by atoms with Crippen molar-refractivity contribution in [3.63, 3.8) is 0 Å². The van der Waals surface area contributed by atoms with Crippen molar-refractivity contribution in [3.05, 3.63) is 65.7 Å². The third kappa shape index (κ3) is 4.60. The zero-order valence-electron chi connectivity index (χ0n) is 14.3. The van der Waals surface area contributed by atoms with E-state index < -0.39 is 0 Å². The molecular formula is C21H25NO2. The molecule has 0 aromatic heterocycles. The van der Waals surface area contributed by atoms with Crippen molar-refractivity contribution in [3.8, 4) is 5.75 Å². The molecule has 126 valence electrons. The summed E-state index contributed by atoms with van der Waals surface area (Å²) >= 11 is 0. The van der Waals surface area contributed by atoms with E-state index in [9.17, 15) is 4.79 Å². The van der Waals surface area contributed by atoms with Crippen molar-refractivity contribution >= 4 is 5.91 Å². The Morgan fingerprint density at radius 2 is 1.88 bits per heavy atom. The first-order valence-electron chi connectivity index (χ1n) is 8.72. The van der Waals surface area contributed by atoms with E-state index in [1.54, 1.807) is 0 Å². The lowest BCUT2D eigenvalue weighted by Crippen LogP contribution is -2.30. The molecule has 1 aliphatic rings. The van der Waals surface area contributed by atoms with E-state index in [1.807, 2.05) is 47.4 Å². The van der Waals surface area contributed by atoms with Gasteiger partial charge in [0.05, 0.1) is 13.0 Å². The zero-order chi connectivity index (χ0) is 16.8. The summed E-state index contributed by atoms with van der Waals surface area (Å²) in [7, 11) is 0. The number of aryl methyl sites for hydroxylation is 1. The van der Waals surface area contributed by atoms with Gasteiger partial charge in [-0.1, -0.05) is 48.0 Å². The first kappa shape index (κ1) is 16.6. The van der Waals surface area contributed by atoms with Gasteiger partial charge in [0.15, 0.2) is 0 Å². The molecule has 1 heterocycles. The van der Waals surface area contributed by atoms with E-state index in [2.05, 4.69) is 19.1 Å². The minimum atomic E-state index is 0.239. The normalized spacial score (nSPS) is 17.0. The minimum absolute atomic E-state index is 0.239. The van der Waals surface area contributed by atoms with E-state index in [-0.39, 0.29) is 5.91 Å². The molecule has 0 radical (unpaired) electrons. The van der Waals surface area contributed by atoms with Crippen LogP contribution in [0, 0.1) is 12.8 Å². The summed E-state index contributed by atoms with van der Waals surface area (Å²) in [6, 6.07) is 18.1. The molecule has 3 rings (SSSR count). The second-order valence-electron chi connectivity index (χ2n) is 6.61. The van der Waals surface area contributed by atoms with Crippen LogP contribution in [0.1, 0.15) is 24.0 Å². The molecule has 0 spiro atoms. The Labute approximate surface area is 144 Å². The van der Waals surface area contributed by atoms with E-state index >= 15 is 0 Å². The number of ether oxygens (including phenoxy) is 1. The molecule has 1 saturated heterocycles. The Morgan fingerprint density at radius 3 is 2.62 bits per heavy atom. The van der Waals surface area contributed by atoms with Crippen LogP contribution in [-0.4, -0.2) is 30.5 Å². The molecule has 0 N–H and O–H groups in total. The van der Waals surface area contributed by atoms with Gasteiger partial charge in [0.2, 0.25) is 5.91 Å². The van der Waals surface area contributed by atoms with Gasteiger partial charge in [-0.15, -0.1) is 0 Å². The van der Waals surface area contributed by atoms with Gasteiger partial charge in [-0.25, -0.2) is 0 Å². The van der Waals surface area contributed by atoms with Crippen LogP contribution in [0.25, 0.3) is 0 Å². The van der Waals surface area contributed by atoms with Crippen LogP contribution in [0.4, 0.5) is 0 Å². The van der Waals surface area contributed by atoms with Crippen LogP contribution < -0.4 is 4.74 Å². The molecule has 2 aromatic rings. The molecule has 1 aliphatic heterocycles. The van der Waals surface area contributed by atoms with E-state index in [1.165, 1.54) is 5.56 Å². The van der Waals surface area contributed by atoms with E-state index in [4.69, 9.17) is 4.74 Å². The van der Waals surface area contributed by atoms with Crippen LogP contribution >= 0.6 is 0 Å². The summed E-state index contributed by atoms with van der Waals surface area (Å²) in [5.41, 5.74) is 2.33. The van der Waals surface area contributed by atoms with Gasteiger partial charge in [-0.3, -0.25) is 4.79 Å². The van der Waals surface area contributed by atoms with E-state index in [0.717, 1.165) is 37.2 Å². The molecule has 1 atom stereocenters. The predicted molar refractivity (Wildman–Crippen MR) is 96.1 cm³/mol. The first-order chi connectivity index (χ1) is 11.7. The summed E-state index contributed by atoms with van der Waals surface area (Å²) in [5.74, 6) is 1.72. The second-order valence-corrected chi connectivity index (χ2v) is 6.61. The van der Waals surface area contributed by atoms with Crippen molar-refractivity contribution in [2.75, 3.05) is 19.7 Å². The summed E-state index contributed by atoms with van der Waals surface area (Å²) in [6.45, 7) is 4.53. The molecule has 0 saturated carbocycles. The van der Waals surface area contributed by atoms with E-state index in [0.29, 0.717) is 18.9 Å².